The number of halogens is 2. The monoisotopic (exact) mass is 1390 g/mol. The summed E-state index contributed by atoms with van der Waals surface area (Å²) in [4.78, 5) is 39.5. The predicted octanol–water partition coefficient (Wildman–Crippen LogP) is -0.933. The summed E-state index contributed by atoms with van der Waals surface area (Å²) < 4.78 is 129. The molecule has 10 heterocycles. The lowest BCUT2D eigenvalue weighted by Crippen LogP contribution is -2.72. The second-order valence-electron chi connectivity index (χ2n) is 25.8. The number of methoxy groups -OCH3 is 2. The topological polar surface area (TPSA) is 427 Å². The number of hydrogen-bond acceptors (Lipinski definition) is 33. The maximum atomic E-state index is 13.4. The van der Waals surface area contributed by atoms with E-state index in [4.69, 9.17) is 123 Å². The minimum atomic E-state index is -2.15. The average molecular weight is 1390 g/mol. The van der Waals surface area contributed by atoms with Crippen LogP contribution in [0.25, 0.3) is 0 Å². The van der Waals surface area contributed by atoms with E-state index in [-0.39, 0.29) is 49.9 Å². The molecule has 10 fully saturated rings. The van der Waals surface area contributed by atoms with Gasteiger partial charge in [0.1, 0.15) is 102 Å². The fraction of sp³-hybridized carbons (Fsp3) is 0.847. The van der Waals surface area contributed by atoms with Crippen LogP contribution in [-0.4, -0.2) is 293 Å². The molecule has 1 aromatic carbocycles. The zero-order valence-corrected chi connectivity index (χ0v) is 54.7. The highest BCUT2D eigenvalue weighted by Crippen LogP contribution is 2.53. The van der Waals surface area contributed by atoms with Crippen molar-refractivity contribution in [2.24, 2.45) is 5.92 Å². The highest BCUT2D eigenvalue weighted by atomic mass is 35.5. The molecule has 0 bridgehead atoms. The van der Waals surface area contributed by atoms with Gasteiger partial charge < -0.3 is 145 Å². The maximum absolute atomic E-state index is 13.4. The summed E-state index contributed by atoms with van der Waals surface area (Å²) in [5.74, 6) is -8.53. The third-order valence-corrected chi connectivity index (χ3v) is 19.8. The molecule has 10 aliphatic heterocycles. The average Bonchev–Trinajstić information content (AvgIpc) is 1.53. The number of ketones is 1. The largest absolute Gasteiger partial charge is 0.505 e. The highest BCUT2D eigenvalue weighted by molar-refractivity contribution is 6.39. The van der Waals surface area contributed by atoms with E-state index in [1.807, 2.05) is 0 Å². The number of ether oxygens (including phenoxy) is 21. The number of fused-ring (bicyclic) bond motifs is 4. The first-order valence-corrected chi connectivity index (χ1v) is 31.8. The Hall–Kier alpha value is -3.03. The third-order valence-electron chi connectivity index (χ3n) is 19.0. The minimum absolute atomic E-state index is 0.0172. The second kappa shape index (κ2) is 27.8. The van der Waals surface area contributed by atoms with E-state index in [0.717, 1.165) is 0 Å². The molecule has 1 unspecified atom stereocenters. The lowest BCUT2D eigenvalue weighted by molar-refractivity contribution is -0.428. The van der Waals surface area contributed by atoms with Crippen LogP contribution in [0, 0.1) is 12.8 Å². The number of esters is 2. The van der Waals surface area contributed by atoms with Gasteiger partial charge in [-0.1, -0.05) is 37.0 Å². The Morgan fingerprint density at radius 2 is 1.34 bits per heavy atom. The van der Waals surface area contributed by atoms with Crippen LogP contribution in [0.4, 0.5) is 0 Å². The van der Waals surface area contributed by atoms with Crippen molar-refractivity contribution in [2.45, 2.75) is 270 Å². The second-order valence-corrected chi connectivity index (χ2v) is 26.6. The molecule has 1 aromatic rings. The number of benzene rings is 1. The Bertz CT molecular complexity index is 2840. The van der Waals surface area contributed by atoms with Crippen molar-refractivity contribution in [2.75, 3.05) is 40.8 Å². The van der Waals surface area contributed by atoms with Gasteiger partial charge in [0.15, 0.2) is 66.4 Å². The van der Waals surface area contributed by atoms with Crippen molar-refractivity contribution >= 4 is 40.9 Å². The van der Waals surface area contributed by atoms with Crippen molar-refractivity contribution in [1.82, 2.24) is 0 Å². The van der Waals surface area contributed by atoms with Crippen molar-refractivity contribution in [1.29, 1.82) is 0 Å². The van der Waals surface area contributed by atoms with Gasteiger partial charge in [0, 0.05) is 27.1 Å². The summed E-state index contributed by atoms with van der Waals surface area (Å²) in [6, 6.07) is 0. The van der Waals surface area contributed by atoms with Crippen LogP contribution in [0.2, 0.25) is 10.0 Å². The third kappa shape index (κ3) is 13.0. The number of hydrogen-bond donors (Lipinski definition) is 9. The zero-order chi connectivity index (χ0) is 68.2. The molecule has 0 aliphatic carbocycles. The van der Waals surface area contributed by atoms with Crippen molar-refractivity contribution in [3.63, 3.8) is 0 Å². The Morgan fingerprint density at radius 3 is 2.00 bits per heavy atom. The van der Waals surface area contributed by atoms with Gasteiger partial charge in [-0.25, -0.2) is 4.79 Å². The van der Waals surface area contributed by atoms with Crippen LogP contribution in [0.3, 0.4) is 0 Å². The molecule has 33 nitrogen and oxygen atoms in total. The van der Waals surface area contributed by atoms with E-state index in [2.05, 4.69) is 0 Å². The minimum Gasteiger partial charge on any atom is -0.505 e. The molecule has 2 spiro atoms. The van der Waals surface area contributed by atoms with Crippen LogP contribution in [0.15, 0.2) is 0 Å². The van der Waals surface area contributed by atoms with Gasteiger partial charge >= 0.3 is 17.9 Å². The Labute approximate surface area is 548 Å². The molecule has 0 aromatic heterocycles. The molecular formula is C59H84Cl2O33. The number of aliphatic hydroxyl groups excluding tert-OH is 6. The number of rotatable bonds is 17. The van der Waals surface area contributed by atoms with E-state index in [1.165, 1.54) is 41.9 Å². The van der Waals surface area contributed by atoms with Crippen molar-refractivity contribution in [3.8, 4) is 11.5 Å². The molecule has 9 N–H and O–H groups in total. The van der Waals surface area contributed by atoms with Crippen LogP contribution in [0.5, 0.6) is 11.5 Å². The van der Waals surface area contributed by atoms with E-state index in [1.54, 1.807) is 34.6 Å². The van der Waals surface area contributed by atoms with Crippen molar-refractivity contribution < 1.29 is 160 Å². The quantitative estimate of drug-likeness (QED) is 0.0851. The summed E-state index contributed by atoms with van der Waals surface area (Å²) in [6.45, 7) is 12.0. The standard InChI is InChI=1S/C59H84Cl2O33/c1-19(2)51(71)86-47-45-30(91-59(92-45)50-49(77-18-78-50)58(73,24(7)63)25(8)90-59)17-76-55(47)88-53-39(69)38(68)43(29(82-53)16-74-10)87-54-40(70)46(44(75-11)28(15-62)81-54)84-32-14-56(9)48(23(6)80-32)93-57(94-56)13-27(65)42(22(5)89-57)83-31-12-26(64)41(21(4)79-31)85-52(72)33-20(3)34(60)37(67)35(61)36(33)66/h19,21-23,25-32,38-50,53-55,62,64-70,73H,12-18H2,1-11H3/t21-,22-,23-,25-,26-,27-,28-,29-,30+,31+,32+,38-,39+,40-,41-,42-,43-,44+,45-,46-,47-,48-,49-,50-,53+,54+,55-,56-,57?,58+,59-/m1/s1. The lowest BCUT2D eigenvalue weighted by Gasteiger charge is -2.49. The predicted molar refractivity (Wildman–Crippen MR) is 304 cm³/mol. The van der Waals surface area contributed by atoms with Crippen LogP contribution >= 0.6 is 23.2 Å². The number of Topliss-reactive ketones (excluding diaryl/α,β-unsaturated/α-hetero) is 1. The number of aliphatic hydroxyl groups is 7. The molecule has 0 saturated carbocycles. The van der Waals surface area contributed by atoms with Gasteiger partial charge in [-0.05, 0) is 54.0 Å². The molecule has 94 heavy (non-hydrogen) atoms. The normalized spacial score (nSPS) is 47.7. The van der Waals surface area contributed by atoms with Gasteiger partial charge in [-0.15, -0.1) is 0 Å². The molecule has 35 heteroatoms. The molecule has 0 radical (unpaired) electrons. The van der Waals surface area contributed by atoms with E-state index in [0.29, 0.717) is 0 Å². The molecule has 10 saturated heterocycles. The van der Waals surface area contributed by atoms with Gasteiger partial charge in [0.2, 0.25) is 6.29 Å². The number of carbonyl (C=O) groups is 3. The van der Waals surface area contributed by atoms with Gasteiger partial charge in [0.05, 0.1) is 73.8 Å². The smallest absolute Gasteiger partial charge is 0.342 e. The van der Waals surface area contributed by atoms with Crippen LogP contribution in [-0.2, 0) is 109 Å². The first kappa shape index (κ1) is 72.2. The van der Waals surface area contributed by atoms with Crippen LogP contribution in [0.1, 0.15) is 90.6 Å². The van der Waals surface area contributed by atoms with E-state index < -0.39 is 241 Å². The number of aromatic hydroxyl groups is 2. The SMILES string of the molecule is COC[C@H]1O[C@@H](O[C@H]2OC[C@@H]3O[C@]4(O[C@H]3[C@H]2OC(=O)C(C)C)O[C@H](C)[C@@](O)(C(C)=O)[C@@H]2OCO[C@H]24)[C@@H](O)[C@@H](O)[C@@H]1O[C@@H]1O[C@H](CO)[C@H](OC)[C@H](O[C@H]2C[C@@]3(C)OC4(C[C@@H](O)[C@H](O[C@H]5C[C@@H](O)[C@H](OC(=O)c6c(C)c(Cl)c(O)c(Cl)c6O)[C@@H](C)O5)[C@@H](C)O4)O[C@@H]3[C@@H](C)O2)[C@H]1O. The molecule has 0 amide bonds. The maximum Gasteiger partial charge on any atom is 0.342 e. The van der Waals surface area contributed by atoms with Gasteiger partial charge in [-0.3, -0.25) is 9.59 Å². The summed E-state index contributed by atoms with van der Waals surface area (Å²) in [6.07, 6.45) is -36.8. The number of carbonyl (C=O) groups excluding carboxylic acids is 3. The summed E-state index contributed by atoms with van der Waals surface area (Å²) in [5.41, 5.74) is -3.86. The first-order valence-electron chi connectivity index (χ1n) is 31.1. The van der Waals surface area contributed by atoms with Crippen LogP contribution < -0.4 is 0 Å². The summed E-state index contributed by atoms with van der Waals surface area (Å²) in [5, 5.41) is 101. The number of phenolic OH excluding ortho intramolecular Hbond substituents is 2. The Balaban J connectivity index is 0.723. The molecule has 532 valence electrons. The fourth-order valence-electron chi connectivity index (χ4n) is 14.2. The van der Waals surface area contributed by atoms with Gasteiger partial charge in [-0.2, -0.15) is 0 Å². The van der Waals surface area contributed by atoms with Crippen molar-refractivity contribution in [3.05, 3.63) is 21.2 Å². The molecule has 10 aliphatic rings. The Morgan fingerprint density at radius 1 is 0.660 bits per heavy atom. The highest BCUT2D eigenvalue weighted by Gasteiger charge is 2.73. The van der Waals surface area contributed by atoms with E-state index in [9.17, 15) is 60.3 Å². The summed E-state index contributed by atoms with van der Waals surface area (Å²) in [7, 11) is 2.62. The fourth-order valence-corrected chi connectivity index (χ4v) is 14.6. The Kier molecular flexibility index (Phi) is 21.4. The lowest BCUT2D eigenvalue weighted by atomic mass is 9.81. The van der Waals surface area contributed by atoms with E-state index >= 15 is 0 Å². The molecule has 31 atom stereocenters. The molecule has 11 rings (SSSR count). The molecular weight excluding hydrogens is 1310 g/mol. The van der Waals surface area contributed by atoms with Gasteiger partial charge in [0.25, 0.3) is 5.97 Å². The zero-order valence-electron chi connectivity index (χ0n) is 53.2. The number of phenols is 2. The summed E-state index contributed by atoms with van der Waals surface area (Å²) >= 11 is 12.1. The first-order chi connectivity index (χ1) is 44.3.